The monoisotopic (exact) mass is 256 g/mol. The van der Waals surface area contributed by atoms with E-state index in [9.17, 15) is 9.59 Å². The Labute approximate surface area is 102 Å². The average Bonchev–Trinajstić information content (AvgIpc) is 2.25. The summed E-state index contributed by atoms with van der Waals surface area (Å²) in [5.74, 6) is -0.128. The number of anilines is 1. The predicted octanol–water partition coefficient (Wildman–Crippen LogP) is 0.342. The Morgan fingerprint density at radius 3 is 2.82 bits per heavy atom. The lowest BCUT2D eigenvalue weighted by Crippen LogP contribution is -2.31. The van der Waals surface area contributed by atoms with E-state index in [0.29, 0.717) is 16.7 Å². The van der Waals surface area contributed by atoms with E-state index in [-0.39, 0.29) is 5.75 Å². The lowest BCUT2D eigenvalue weighted by molar-refractivity contribution is -0.117. The van der Waals surface area contributed by atoms with E-state index in [1.54, 1.807) is 13.0 Å². The minimum Gasteiger partial charge on any atom is -0.453 e. The molecule has 7 nitrogen and oxygen atoms in total. The van der Waals surface area contributed by atoms with E-state index < -0.39 is 12.0 Å². The fourth-order valence-electron chi connectivity index (χ4n) is 0.960. The van der Waals surface area contributed by atoms with Crippen LogP contribution in [0.25, 0.3) is 0 Å². The lowest BCUT2D eigenvalue weighted by Gasteiger charge is -2.03. The first-order chi connectivity index (χ1) is 8.01. The second-order valence-electron chi connectivity index (χ2n) is 3.05. The first-order valence-electron chi connectivity index (χ1n) is 4.63. The third kappa shape index (κ3) is 4.68. The van der Waals surface area contributed by atoms with Crippen molar-refractivity contribution < 1.29 is 14.3 Å². The molecule has 0 unspecified atom stereocenters. The van der Waals surface area contributed by atoms with Crippen molar-refractivity contribution >= 4 is 29.6 Å². The molecule has 0 atom stereocenters. The highest BCUT2D eigenvalue weighted by Crippen LogP contribution is 2.14. The number of alkyl carbamates (subject to hydrolysis) is 1. The van der Waals surface area contributed by atoms with Crippen molar-refractivity contribution in [3.63, 3.8) is 0 Å². The number of nitrogens with one attached hydrogen (secondary N) is 1. The van der Waals surface area contributed by atoms with Gasteiger partial charge in [0, 0.05) is 11.8 Å². The summed E-state index contributed by atoms with van der Waals surface area (Å²) in [5, 5.41) is 2.41. The number of hydrogen-bond donors (Lipinski definition) is 2. The summed E-state index contributed by atoms with van der Waals surface area (Å²) in [6.45, 7) is 1.77. The minimum absolute atomic E-state index is 0.0119. The molecule has 0 aliphatic heterocycles. The van der Waals surface area contributed by atoms with Gasteiger partial charge in [0.15, 0.2) is 5.16 Å². The maximum atomic E-state index is 11.2. The summed E-state index contributed by atoms with van der Waals surface area (Å²) in [6, 6.07) is 1.62. The minimum atomic E-state index is -0.791. The largest absolute Gasteiger partial charge is 0.453 e. The fourth-order valence-corrected chi connectivity index (χ4v) is 1.67. The SMILES string of the molecule is COC(=O)NC(=O)CSc1nc(C)cc(N)n1. The molecule has 1 aromatic rings. The molecule has 92 valence electrons. The van der Waals surface area contributed by atoms with E-state index in [0.717, 1.165) is 11.8 Å². The number of carbonyl (C=O) groups is 2. The Morgan fingerprint density at radius 2 is 2.24 bits per heavy atom. The fraction of sp³-hybridized carbons (Fsp3) is 0.333. The summed E-state index contributed by atoms with van der Waals surface area (Å²) < 4.78 is 4.28. The molecule has 0 saturated carbocycles. The van der Waals surface area contributed by atoms with Crippen molar-refractivity contribution in [2.75, 3.05) is 18.6 Å². The number of nitrogens with two attached hydrogens (primary N) is 1. The molecule has 0 aromatic carbocycles. The molecule has 17 heavy (non-hydrogen) atoms. The molecule has 0 aliphatic carbocycles. The van der Waals surface area contributed by atoms with Gasteiger partial charge in [0.05, 0.1) is 12.9 Å². The topological polar surface area (TPSA) is 107 Å². The zero-order valence-electron chi connectivity index (χ0n) is 9.39. The van der Waals surface area contributed by atoms with Gasteiger partial charge in [-0.25, -0.2) is 14.8 Å². The average molecular weight is 256 g/mol. The summed E-state index contributed by atoms with van der Waals surface area (Å²) in [6.07, 6.45) is -0.791. The summed E-state index contributed by atoms with van der Waals surface area (Å²) in [5.41, 5.74) is 6.25. The van der Waals surface area contributed by atoms with Gasteiger partial charge in [0.25, 0.3) is 0 Å². The molecule has 1 rings (SSSR count). The number of aryl methyl sites for hydroxylation is 1. The maximum Gasteiger partial charge on any atom is 0.413 e. The third-order valence-corrected chi connectivity index (χ3v) is 2.46. The molecule has 0 fully saturated rings. The normalized spacial score (nSPS) is 9.76. The number of methoxy groups -OCH3 is 1. The molecule has 3 N–H and O–H groups in total. The molecule has 0 bridgehead atoms. The van der Waals surface area contributed by atoms with E-state index in [1.807, 2.05) is 5.32 Å². The van der Waals surface area contributed by atoms with Crippen LogP contribution in [0.3, 0.4) is 0 Å². The van der Waals surface area contributed by atoms with Crippen molar-refractivity contribution in [3.05, 3.63) is 11.8 Å². The molecule has 2 amide bonds. The molecular formula is C9H12N4O3S. The first-order valence-corrected chi connectivity index (χ1v) is 5.61. The Kier molecular flexibility index (Phi) is 4.70. The molecule has 0 spiro atoms. The van der Waals surface area contributed by atoms with E-state index >= 15 is 0 Å². The van der Waals surface area contributed by atoms with E-state index in [1.165, 1.54) is 7.11 Å². The molecule has 8 heteroatoms. The summed E-state index contributed by atoms with van der Waals surface area (Å²) in [7, 11) is 1.18. The number of rotatable bonds is 3. The van der Waals surface area contributed by atoms with Crippen LogP contribution in [-0.4, -0.2) is 34.8 Å². The Bertz CT molecular complexity index is 418. The van der Waals surface area contributed by atoms with E-state index in [4.69, 9.17) is 5.73 Å². The van der Waals surface area contributed by atoms with Gasteiger partial charge < -0.3 is 10.5 Å². The Balaban J connectivity index is 2.50. The number of ether oxygens (including phenoxy) is 1. The Hall–Kier alpha value is -1.83. The van der Waals surface area contributed by atoms with Crippen molar-refractivity contribution in [2.45, 2.75) is 12.1 Å². The van der Waals surface area contributed by atoms with Crippen molar-refractivity contribution in [1.82, 2.24) is 15.3 Å². The highest BCUT2D eigenvalue weighted by Gasteiger charge is 2.09. The van der Waals surface area contributed by atoms with Gasteiger partial charge in [0.1, 0.15) is 5.82 Å². The zero-order valence-corrected chi connectivity index (χ0v) is 10.2. The molecule has 0 radical (unpaired) electrons. The number of nitrogens with zero attached hydrogens (tertiary/aromatic N) is 2. The smallest absolute Gasteiger partial charge is 0.413 e. The van der Waals surface area contributed by atoms with Gasteiger partial charge in [-0.05, 0) is 6.92 Å². The highest BCUT2D eigenvalue weighted by molar-refractivity contribution is 7.99. The van der Waals surface area contributed by atoms with Gasteiger partial charge in [-0.1, -0.05) is 11.8 Å². The molecular weight excluding hydrogens is 244 g/mol. The van der Waals surface area contributed by atoms with Crippen LogP contribution >= 0.6 is 11.8 Å². The van der Waals surface area contributed by atoms with Crippen LogP contribution < -0.4 is 11.1 Å². The quantitative estimate of drug-likeness (QED) is 0.593. The number of hydrogen-bond acceptors (Lipinski definition) is 7. The number of thioether (sulfide) groups is 1. The maximum absolute atomic E-state index is 11.2. The van der Waals surface area contributed by atoms with Gasteiger partial charge >= 0.3 is 6.09 Å². The number of aromatic nitrogens is 2. The highest BCUT2D eigenvalue weighted by atomic mass is 32.2. The van der Waals surface area contributed by atoms with Crippen LogP contribution in [0.1, 0.15) is 5.69 Å². The van der Waals surface area contributed by atoms with Crippen LogP contribution in [0.5, 0.6) is 0 Å². The lowest BCUT2D eigenvalue weighted by atomic mass is 10.4. The predicted molar refractivity (Wildman–Crippen MR) is 62.5 cm³/mol. The second-order valence-corrected chi connectivity index (χ2v) is 3.99. The molecule has 1 heterocycles. The molecule has 0 saturated heterocycles. The Morgan fingerprint density at radius 1 is 1.53 bits per heavy atom. The molecule has 0 aliphatic rings. The summed E-state index contributed by atoms with van der Waals surface area (Å²) >= 11 is 1.09. The van der Waals surface area contributed by atoms with Gasteiger partial charge in [0.2, 0.25) is 5.91 Å². The zero-order chi connectivity index (χ0) is 12.8. The number of nitrogen functional groups attached to an aromatic ring is 1. The van der Waals surface area contributed by atoms with Crippen LogP contribution in [0.2, 0.25) is 0 Å². The van der Waals surface area contributed by atoms with Crippen molar-refractivity contribution in [3.8, 4) is 0 Å². The second kappa shape index (κ2) is 6.04. The molecule has 1 aromatic heterocycles. The standard InChI is InChI=1S/C9H12N4O3S/c1-5-3-6(10)12-8(11-5)17-4-7(14)13-9(15)16-2/h3H,4H2,1-2H3,(H2,10,11,12)(H,13,14,15). The van der Waals surface area contributed by atoms with Gasteiger partial charge in [-0.2, -0.15) is 0 Å². The number of carbonyl (C=O) groups excluding carboxylic acids is 2. The van der Waals surface area contributed by atoms with Crippen LogP contribution in [0, 0.1) is 6.92 Å². The third-order valence-electron chi connectivity index (χ3n) is 1.61. The first kappa shape index (κ1) is 13.2. The van der Waals surface area contributed by atoms with Gasteiger partial charge in [-0.15, -0.1) is 0 Å². The van der Waals surface area contributed by atoms with Crippen molar-refractivity contribution in [2.24, 2.45) is 0 Å². The van der Waals surface area contributed by atoms with Crippen LogP contribution in [0.15, 0.2) is 11.2 Å². The van der Waals surface area contributed by atoms with E-state index in [2.05, 4.69) is 14.7 Å². The van der Waals surface area contributed by atoms with Crippen LogP contribution in [0.4, 0.5) is 10.6 Å². The number of amides is 2. The van der Waals surface area contributed by atoms with Crippen LogP contribution in [-0.2, 0) is 9.53 Å². The van der Waals surface area contributed by atoms with Gasteiger partial charge in [-0.3, -0.25) is 10.1 Å². The van der Waals surface area contributed by atoms with Crippen molar-refractivity contribution in [1.29, 1.82) is 0 Å². The number of imide groups is 1. The summed E-state index contributed by atoms with van der Waals surface area (Å²) in [4.78, 5) is 30.0.